The molecule has 15 heavy (non-hydrogen) atoms. The Balaban J connectivity index is 2.65. The lowest BCUT2D eigenvalue weighted by Gasteiger charge is -2.03. The molecule has 0 heterocycles. The molecule has 0 saturated carbocycles. The van der Waals surface area contributed by atoms with Crippen LogP contribution in [0.25, 0.3) is 0 Å². The highest BCUT2D eigenvalue weighted by atomic mass is 79.9. The summed E-state index contributed by atoms with van der Waals surface area (Å²) in [4.78, 5) is 0. The molecule has 0 bridgehead atoms. The van der Waals surface area contributed by atoms with Gasteiger partial charge in [0.15, 0.2) is 9.84 Å². The SMILES string of the molecule is O=S(=O)(CCCBr)Cc1ccc(Cl)cc1. The molecule has 0 aromatic heterocycles. The van der Waals surface area contributed by atoms with Crippen molar-refractivity contribution in [3.8, 4) is 0 Å². The first-order valence-corrected chi connectivity index (χ1v) is 7.86. The molecule has 0 aliphatic carbocycles. The maximum absolute atomic E-state index is 11.6. The molecule has 1 aromatic rings. The fraction of sp³-hybridized carbons (Fsp3) is 0.400. The highest BCUT2D eigenvalue weighted by Crippen LogP contribution is 2.12. The summed E-state index contributed by atoms with van der Waals surface area (Å²) in [6.07, 6.45) is 0.649. The van der Waals surface area contributed by atoms with Gasteiger partial charge in [-0.3, -0.25) is 0 Å². The van der Waals surface area contributed by atoms with Crippen molar-refractivity contribution in [3.05, 3.63) is 34.9 Å². The fourth-order valence-electron chi connectivity index (χ4n) is 1.18. The molecule has 0 unspecified atom stereocenters. The van der Waals surface area contributed by atoms with Gasteiger partial charge in [-0.15, -0.1) is 0 Å². The summed E-state index contributed by atoms with van der Waals surface area (Å²) in [6.45, 7) is 0. The van der Waals surface area contributed by atoms with Gasteiger partial charge in [0.05, 0.1) is 11.5 Å². The van der Waals surface area contributed by atoms with Crippen molar-refractivity contribution < 1.29 is 8.42 Å². The maximum atomic E-state index is 11.6. The minimum Gasteiger partial charge on any atom is -0.228 e. The minimum absolute atomic E-state index is 0.0944. The standard InChI is InChI=1S/C10H12BrClO2S/c11-6-1-7-15(13,14)8-9-2-4-10(12)5-3-9/h2-5H,1,6-8H2. The highest BCUT2D eigenvalue weighted by Gasteiger charge is 2.10. The molecule has 1 rings (SSSR count). The lowest BCUT2D eigenvalue weighted by molar-refractivity contribution is 0.594. The Morgan fingerprint density at radius 3 is 2.33 bits per heavy atom. The Morgan fingerprint density at radius 2 is 1.80 bits per heavy atom. The summed E-state index contributed by atoms with van der Waals surface area (Å²) in [6, 6.07) is 6.90. The van der Waals surface area contributed by atoms with Crippen LogP contribution in [0, 0.1) is 0 Å². The fourth-order valence-corrected chi connectivity index (χ4v) is 3.39. The van der Waals surface area contributed by atoms with E-state index in [1.807, 2.05) is 0 Å². The molecule has 1 aromatic carbocycles. The molecule has 0 saturated heterocycles. The summed E-state index contributed by atoms with van der Waals surface area (Å²) in [5.74, 6) is 0.318. The summed E-state index contributed by atoms with van der Waals surface area (Å²) in [5, 5.41) is 1.34. The molecule has 5 heteroatoms. The van der Waals surface area contributed by atoms with E-state index >= 15 is 0 Å². The van der Waals surface area contributed by atoms with Gasteiger partial charge in [0.2, 0.25) is 0 Å². The van der Waals surface area contributed by atoms with Gasteiger partial charge in [-0.1, -0.05) is 39.7 Å². The van der Waals surface area contributed by atoms with Gasteiger partial charge in [0.1, 0.15) is 0 Å². The summed E-state index contributed by atoms with van der Waals surface area (Å²) >= 11 is 8.93. The number of alkyl halides is 1. The molecule has 0 spiro atoms. The van der Waals surface area contributed by atoms with Crippen molar-refractivity contribution in [2.24, 2.45) is 0 Å². The molecular formula is C10H12BrClO2S. The monoisotopic (exact) mass is 310 g/mol. The number of sulfone groups is 1. The van der Waals surface area contributed by atoms with Crippen molar-refractivity contribution in [1.82, 2.24) is 0 Å². The number of benzene rings is 1. The molecule has 0 radical (unpaired) electrons. The van der Waals surface area contributed by atoms with Crippen LogP contribution in [0.5, 0.6) is 0 Å². The van der Waals surface area contributed by atoms with Crippen LogP contribution in [-0.2, 0) is 15.6 Å². The van der Waals surface area contributed by atoms with Gasteiger partial charge >= 0.3 is 0 Å². The maximum Gasteiger partial charge on any atom is 0.154 e. The lowest BCUT2D eigenvalue weighted by Crippen LogP contribution is -2.09. The van der Waals surface area contributed by atoms with E-state index in [0.717, 1.165) is 5.56 Å². The predicted molar refractivity (Wildman–Crippen MR) is 67.4 cm³/mol. The predicted octanol–water partition coefficient (Wildman–Crippen LogP) is 3.04. The average Bonchev–Trinajstić information content (AvgIpc) is 2.18. The summed E-state index contributed by atoms with van der Waals surface area (Å²) in [7, 11) is -2.98. The molecule has 0 aliphatic heterocycles. The van der Waals surface area contributed by atoms with Crippen LogP contribution in [-0.4, -0.2) is 19.5 Å². The van der Waals surface area contributed by atoms with Gasteiger partial charge in [0.25, 0.3) is 0 Å². The second kappa shape index (κ2) is 5.87. The molecule has 0 N–H and O–H groups in total. The van der Waals surface area contributed by atoms with E-state index in [1.54, 1.807) is 24.3 Å². The van der Waals surface area contributed by atoms with Crippen LogP contribution in [0.1, 0.15) is 12.0 Å². The van der Waals surface area contributed by atoms with Crippen molar-refractivity contribution in [1.29, 1.82) is 0 Å². The molecule has 0 fully saturated rings. The minimum atomic E-state index is -2.98. The van der Waals surface area contributed by atoms with Gasteiger partial charge in [-0.05, 0) is 24.1 Å². The lowest BCUT2D eigenvalue weighted by atomic mass is 10.2. The Kier molecular flexibility index (Phi) is 5.09. The average molecular weight is 312 g/mol. The normalized spacial score (nSPS) is 11.6. The van der Waals surface area contributed by atoms with E-state index in [0.29, 0.717) is 16.8 Å². The summed E-state index contributed by atoms with van der Waals surface area (Å²) < 4.78 is 23.2. The zero-order chi connectivity index (χ0) is 11.3. The Bertz CT molecular complexity index is 400. The van der Waals surface area contributed by atoms with E-state index in [9.17, 15) is 8.42 Å². The van der Waals surface area contributed by atoms with Crippen LogP contribution in [0.2, 0.25) is 5.02 Å². The highest BCUT2D eigenvalue weighted by molar-refractivity contribution is 9.09. The van der Waals surface area contributed by atoms with Crippen molar-refractivity contribution in [2.45, 2.75) is 12.2 Å². The molecule has 0 aliphatic rings. The smallest absolute Gasteiger partial charge is 0.154 e. The first-order chi connectivity index (χ1) is 7.03. The summed E-state index contributed by atoms with van der Waals surface area (Å²) in [5.41, 5.74) is 0.786. The number of rotatable bonds is 5. The van der Waals surface area contributed by atoms with E-state index in [-0.39, 0.29) is 11.5 Å². The second-order valence-electron chi connectivity index (χ2n) is 3.26. The molecule has 84 valence electrons. The zero-order valence-corrected chi connectivity index (χ0v) is 11.3. The Labute approximate surface area is 104 Å². The third-order valence-electron chi connectivity index (χ3n) is 1.89. The Hall–Kier alpha value is -0.0600. The van der Waals surface area contributed by atoms with Crippen molar-refractivity contribution >= 4 is 37.4 Å². The number of halogens is 2. The third kappa shape index (κ3) is 5.00. The van der Waals surface area contributed by atoms with E-state index < -0.39 is 9.84 Å². The van der Waals surface area contributed by atoms with Crippen LogP contribution >= 0.6 is 27.5 Å². The van der Waals surface area contributed by atoms with Crippen molar-refractivity contribution in [2.75, 3.05) is 11.1 Å². The zero-order valence-electron chi connectivity index (χ0n) is 8.12. The van der Waals surface area contributed by atoms with E-state index in [4.69, 9.17) is 11.6 Å². The van der Waals surface area contributed by atoms with Crippen LogP contribution < -0.4 is 0 Å². The van der Waals surface area contributed by atoms with Crippen LogP contribution in [0.15, 0.2) is 24.3 Å². The first kappa shape index (κ1) is 13.0. The van der Waals surface area contributed by atoms with Gasteiger partial charge in [0, 0.05) is 10.4 Å². The quantitative estimate of drug-likeness (QED) is 0.783. The largest absolute Gasteiger partial charge is 0.228 e. The topological polar surface area (TPSA) is 34.1 Å². The van der Waals surface area contributed by atoms with E-state index in [2.05, 4.69) is 15.9 Å². The van der Waals surface area contributed by atoms with Gasteiger partial charge in [-0.2, -0.15) is 0 Å². The van der Waals surface area contributed by atoms with Crippen molar-refractivity contribution in [3.63, 3.8) is 0 Å². The molecular weight excluding hydrogens is 300 g/mol. The second-order valence-corrected chi connectivity index (χ2v) is 6.67. The third-order valence-corrected chi connectivity index (χ3v) is 4.39. The number of hydrogen-bond donors (Lipinski definition) is 0. The molecule has 0 atom stereocenters. The van der Waals surface area contributed by atoms with Gasteiger partial charge < -0.3 is 0 Å². The first-order valence-electron chi connectivity index (χ1n) is 4.54. The van der Waals surface area contributed by atoms with Crippen LogP contribution in [0.4, 0.5) is 0 Å². The Morgan fingerprint density at radius 1 is 1.20 bits per heavy atom. The number of hydrogen-bond acceptors (Lipinski definition) is 2. The van der Waals surface area contributed by atoms with Gasteiger partial charge in [-0.25, -0.2) is 8.42 Å². The molecule has 2 nitrogen and oxygen atoms in total. The molecule has 0 amide bonds. The van der Waals surface area contributed by atoms with E-state index in [1.165, 1.54) is 0 Å². The van der Waals surface area contributed by atoms with Crippen LogP contribution in [0.3, 0.4) is 0 Å².